The number of carbonyl (C=O) groups is 1. The van der Waals surface area contributed by atoms with Crippen molar-refractivity contribution in [1.29, 1.82) is 0 Å². The van der Waals surface area contributed by atoms with Gasteiger partial charge in [0.2, 0.25) is 0 Å². The van der Waals surface area contributed by atoms with E-state index in [0.29, 0.717) is 11.5 Å². The third-order valence-electron chi connectivity index (χ3n) is 2.34. The van der Waals surface area contributed by atoms with Crippen molar-refractivity contribution in [3.63, 3.8) is 0 Å². The van der Waals surface area contributed by atoms with Gasteiger partial charge >= 0.3 is 0 Å². The summed E-state index contributed by atoms with van der Waals surface area (Å²) in [5.41, 5.74) is 7.95. The van der Waals surface area contributed by atoms with Crippen molar-refractivity contribution in [2.75, 3.05) is 11.1 Å². The first kappa shape index (κ1) is 12.0. The first-order valence-corrected chi connectivity index (χ1v) is 5.38. The van der Waals surface area contributed by atoms with E-state index in [0.717, 1.165) is 11.3 Å². The van der Waals surface area contributed by atoms with Crippen molar-refractivity contribution >= 4 is 17.4 Å². The van der Waals surface area contributed by atoms with Crippen molar-refractivity contribution in [3.05, 3.63) is 41.6 Å². The van der Waals surface area contributed by atoms with Gasteiger partial charge in [0.1, 0.15) is 11.5 Å². The number of nitrogens with one attached hydrogen (secondary N) is 1. The van der Waals surface area contributed by atoms with Crippen molar-refractivity contribution in [2.45, 2.75) is 13.8 Å². The minimum absolute atomic E-state index is 0.249. The Morgan fingerprint density at radius 3 is 2.56 bits per heavy atom. The summed E-state index contributed by atoms with van der Waals surface area (Å²) in [5, 5.41) is 2.67. The highest BCUT2D eigenvalue weighted by atomic mass is 16.1. The van der Waals surface area contributed by atoms with Gasteiger partial charge in [0.15, 0.2) is 0 Å². The SMILES string of the molecule is Cc1cnc(C(=O)Nc2ncc(N)cc2C)cn1. The zero-order valence-corrected chi connectivity index (χ0v) is 10.1. The van der Waals surface area contributed by atoms with E-state index in [1.807, 2.05) is 6.92 Å². The van der Waals surface area contributed by atoms with Gasteiger partial charge in [-0.15, -0.1) is 0 Å². The van der Waals surface area contributed by atoms with Gasteiger partial charge in [0.05, 0.1) is 23.8 Å². The number of aromatic nitrogens is 3. The molecule has 2 aromatic heterocycles. The predicted octanol–water partition coefficient (Wildman–Crippen LogP) is 1.32. The van der Waals surface area contributed by atoms with Crippen LogP contribution in [-0.2, 0) is 0 Å². The largest absolute Gasteiger partial charge is 0.397 e. The van der Waals surface area contributed by atoms with E-state index < -0.39 is 0 Å². The summed E-state index contributed by atoms with van der Waals surface area (Å²) in [6.45, 7) is 3.63. The van der Waals surface area contributed by atoms with Gasteiger partial charge in [-0.1, -0.05) is 0 Å². The molecule has 0 aliphatic rings. The van der Waals surface area contributed by atoms with Crippen LogP contribution in [0.15, 0.2) is 24.7 Å². The predicted molar refractivity (Wildman–Crippen MR) is 68.1 cm³/mol. The lowest BCUT2D eigenvalue weighted by atomic mass is 10.2. The number of nitrogens with zero attached hydrogens (tertiary/aromatic N) is 3. The molecule has 0 bridgehead atoms. The van der Waals surface area contributed by atoms with E-state index in [1.54, 1.807) is 13.0 Å². The average molecular weight is 243 g/mol. The van der Waals surface area contributed by atoms with Gasteiger partial charge in [-0.25, -0.2) is 9.97 Å². The Morgan fingerprint density at radius 2 is 1.94 bits per heavy atom. The lowest BCUT2D eigenvalue weighted by Crippen LogP contribution is -2.16. The van der Waals surface area contributed by atoms with E-state index in [9.17, 15) is 4.79 Å². The van der Waals surface area contributed by atoms with Gasteiger partial charge in [0, 0.05) is 6.20 Å². The average Bonchev–Trinajstić information content (AvgIpc) is 2.33. The number of nitrogen functional groups attached to an aromatic ring is 1. The first-order chi connectivity index (χ1) is 8.56. The number of nitrogens with two attached hydrogens (primary N) is 1. The molecule has 2 heterocycles. The van der Waals surface area contributed by atoms with E-state index >= 15 is 0 Å². The molecule has 0 radical (unpaired) electrons. The number of anilines is 2. The monoisotopic (exact) mass is 243 g/mol. The van der Waals surface area contributed by atoms with Crippen molar-refractivity contribution < 1.29 is 4.79 Å². The lowest BCUT2D eigenvalue weighted by molar-refractivity contribution is 0.102. The summed E-state index contributed by atoms with van der Waals surface area (Å²) >= 11 is 0. The number of aryl methyl sites for hydroxylation is 2. The molecule has 0 saturated carbocycles. The Hall–Kier alpha value is -2.50. The summed E-state index contributed by atoms with van der Waals surface area (Å²) in [6, 6.07) is 1.74. The normalized spacial score (nSPS) is 10.1. The molecule has 0 aromatic carbocycles. The highest BCUT2D eigenvalue weighted by Crippen LogP contribution is 2.14. The van der Waals surface area contributed by atoms with Crippen LogP contribution in [0.2, 0.25) is 0 Å². The molecular weight excluding hydrogens is 230 g/mol. The van der Waals surface area contributed by atoms with E-state index in [1.165, 1.54) is 18.6 Å². The highest BCUT2D eigenvalue weighted by Gasteiger charge is 2.10. The van der Waals surface area contributed by atoms with Crippen LogP contribution in [0.25, 0.3) is 0 Å². The molecule has 0 atom stereocenters. The van der Waals surface area contributed by atoms with Crippen LogP contribution in [0.1, 0.15) is 21.7 Å². The summed E-state index contributed by atoms with van der Waals surface area (Å²) in [5.74, 6) is 0.124. The minimum Gasteiger partial charge on any atom is -0.397 e. The number of rotatable bonds is 2. The van der Waals surface area contributed by atoms with Crippen LogP contribution in [0, 0.1) is 13.8 Å². The molecule has 0 fully saturated rings. The summed E-state index contributed by atoms with van der Waals surface area (Å²) < 4.78 is 0. The van der Waals surface area contributed by atoms with Crippen LogP contribution in [0.5, 0.6) is 0 Å². The Balaban J connectivity index is 2.18. The second-order valence-corrected chi connectivity index (χ2v) is 3.93. The maximum absolute atomic E-state index is 11.9. The maximum Gasteiger partial charge on any atom is 0.277 e. The minimum atomic E-state index is -0.345. The third kappa shape index (κ3) is 2.60. The molecule has 18 heavy (non-hydrogen) atoms. The summed E-state index contributed by atoms with van der Waals surface area (Å²) in [6.07, 6.45) is 4.46. The fraction of sp³-hybridized carbons (Fsp3) is 0.167. The molecule has 6 nitrogen and oxygen atoms in total. The molecule has 0 aliphatic carbocycles. The van der Waals surface area contributed by atoms with Gasteiger partial charge in [-0.2, -0.15) is 0 Å². The Kier molecular flexibility index (Phi) is 3.18. The van der Waals surface area contributed by atoms with E-state index in [-0.39, 0.29) is 11.6 Å². The number of hydrogen-bond acceptors (Lipinski definition) is 5. The topological polar surface area (TPSA) is 93.8 Å². The fourth-order valence-electron chi connectivity index (χ4n) is 1.41. The third-order valence-corrected chi connectivity index (χ3v) is 2.34. The summed E-state index contributed by atoms with van der Waals surface area (Å²) in [4.78, 5) is 23.9. The second-order valence-electron chi connectivity index (χ2n) is 3.93. The quantitative estimate of drug-likeness (QED) is 0.829. The van der Waals surface area contributed by atoms with Crippen molar-refractivity contribution in [1.82, 2.24) is 15.0 Å². The Labute approximate surface area is 104 Å². The van der Waals surface area contributed by atoms with Crippen LogP contribution in [0.4, 0.5) is 11.5 Å². The van der Waals surface area contributed by atoms with Gasteiger partial charge < -0.3 is 11.1 Å². The lowest BCUT2D eigenvalue weighted by Gasteiger charge is -2.07. The standard InChI is InChI=1S/C12H13N5O/c1-7-3-9(13)5-16-11(7)17-12(18)10-6-14-8(2)4-15-10/h3-6H,13H2,1-2H3,(H,16,17,18). The van der Waals surface area contributed by atoms with Crippen molar-refractivity contribution in [3.8, 4) is 0 Å². The zero-order valence-electron chi connectivity index (χ0n) is 10.1. The number of pyridine rings is 1. The van der Waals surface area contributed by atoms with Crippen molar-refractivity contribution in [2.24, 2.45) is 0 Å². The fourth-order valence-corrected chi connectivity index (χ4v) is 1.41. The van der Waals surface area contributed by atoms with E-state index in [2.05, 4.69) is 20.3 Å². The zero-order chi connectivity index (χ0) is 13.1. The molecule has 92 valence electrons. The van der Waals surface area contributed by atoms with Crippen LogP contribution < -0.4 is 11.1 Å². The number of hydrogen-bond donors (Lipinski definition) is 2. The second kappa shape index (κ2) is 4.79. The van der Waals surface area contributed by atoms with E-state index in [4.69, 9.17) is 5.73 Å². The Bertz CT molecular complexity index is 580. The first-order valence-electron chi connectivity index (χ1n) is 5.38. The highest BCUT2D eigenvalue weighted by molar-refractivity contribution is 6.02. The smallest absolute Gasteiger partial charge is 0.277 e. The van der Waals surface area contributed by atoms with Gasteiger partial charge in [-0.05, 0) is 25.5 Å². The molecule has 3 N–H and O–H groups in total. The maximum atomic E-state index is 11.9. The molecule has 2 aromatic rings. The molecular formula is C12H13N5O. The number of carbonyl (C=O) groups excluding carboxylic acids is 1. The molecule has 0 aliphatic heterocycles. The molecule has 0 saturated heterocycles. The molecule has 0 unspecified atom stereocenters. The molecule has 1 amide bonds. The van der Waals surface area contributed by atoms with Gasteiger partial charge in [0.25, 0.3) is 5.91 Å². The van der Waals surface area contributed by atoms with Gasteiger partial charge in [-0.3, -0.25) is 9.78 Å². The number of amides is 1. The van der Waals surface area contributed by atoms with Crippen LogP contribution in [-0.4, -0.2) is 20.9 Å². The Morgan fingerprint density at radius 1 is 1.17 bits per heavy atom. The van der Waals surface area contributed by atoms with Crippen LogP contribution in [0.3, 0.4) is 0 Å². The molecule has 0 spiro atoms. The summed E-state index contributed by atoms with van der Waals surface area (Å²) in [7, 11) is 0. The molecule has 2 rings (SSSR count). The van der Waals surface area contributed by atoms with Crippen LogP contribution >= 0.6 is 0 Å². The molecule has 6 heteroatoms.